The van der Waals surface area contributed by atoms with Gasteiger partial charge < -0.3 is 14.0 Å². The molecule has 0 amide bonds. The van der Waals surface area contributed by atoms with Gasteiger partial charge in [-0.15, -0.1) is 54.1 Å². The predicted molar refractivity (Wildman–Crippen MR) is 195 cm³/mol. The van der Waals surface area contributed by atoms with E-state index in [0.717, 1.165) is 34.8 Å². The van der Waals surface area contributed by atoms with Crippen LogP contribution in [0.1, 0.15) is 70.1 Å². The first-order valence-electron chi connectivity index (χ1n) is 19.2. The summed E-state index contributed by atoms with van der Waals surface area (Å²) in [5.74, 6) is 1.78. The van der Waals surface area contributed by atoms with Crippen molar-refractivity contribution in [2.24, 2.45) is 11.3 Å². The SMILES string of the molecule is [2H]C([2H])([2H])c1ccc2c(n1)oc1c(-c3cc(C([2H])([2H])C(C)(C)C)ccn3)[c-]ccc12.[Ir].[c-]1ccccc1-c1nc2cccc3c2n1CC=C3C1CCCC1. The van der Waals surface area contributed by atoms with Crippen LogP contribution < -0.4 is 0 Å². The van der Waals surface area contributed by atoms with E-state index < -0.39 is 18.6 Å². The summed E-state index contributed by atoms with van der Waals surface area (Å²) in [6, 6.07) is 31.3. The van der Waals surface area contributed by atoms with Crippen molar-refractivity contribution in [3.63, 3.8) is 0 Å². The first kappa shape index (κ1) is 27.4. The van der Waals surface area contributed by atoms with E-state index in [0.29, 0.717) is 27.8 Å². The molecule has 1 aliphatic heterocycles. The maximum absolute atomic E-state index is 8.55. The molecule has 0 atom stereocenters. The molecule has 1 aliphatic carbocycles. The fourth-order valence-electron chi connectivity index (χ4n) is 7.15. The largest absolute Gasteiger partial charge is 0.486 e. The number of aromatic nitrogens is 4. The number of aryl methyl sites for hydroxylation is 1. The minimum atomic E-state index is -2.32. The van der Waals surface area contributed by atoms with Gasteiger partial charge in [0.15, 0.2) is 0 Å². The minimum absolute atomic E-state index is 0. The van der Waals surface area contributed by atoms with Gasteiger partial charge in [-0.1, -0.05) is 74.4 Å². The Morgan fingerprint density at radius 2 is 1.84 bits per heavy atom. The fourth-order valence-corrected chi connectivity index (χ4v) is 7.15. The molecule has 0 N–H and O–H groups in total. The smallest absolute Gasteiger partial charge is 0.216 e. The molecule has 0 unspecified atom stereocenters. The summed E-state index contributed by atoms with van der Waals surface area (Å²) in [5, 5.41) is 1.48. The number of pyridine rings is 2. The molecule has 1 radical (unpaired) electrons. The summed E-state index contributed by atoms with van der Waals surface area (Å²) in [6.07, 6.45) is 7.89. The summed E-state index contributed by atoms with van der Waals surface area (Å²) in [5.41, 5.74) is 8.17. The van der Waals surface area contributed by atoms with Crippen molar-refractivity contribution < 1.29 is 31.4 Å². The molecule has 9 rings (SSSR count). The first-order chi connectivity index (χ1) is 25.3. The van der Waals surface area contributed by atoms with Crippen LogP contribution in [0.5, 0.6) is 0 Å². The monoisotopic (exact) mass is 826 g/mol. The van der Waals surface area contributed by atoms with Crippen LogP contribution in [0.4, 0.5) is 0 Å². The van der Waals surface area contributed by atoms with Gasteiger partial charge >= 0.3 is 0 Å². The Morgan fingerprint density at radius 3 is 2.63 bits per heavy atom. The Balaban J connectivity index is 0.000000168. The third kappa shape index (κ3) is 6.52. The van der Waals surface area contributed by atoms with Crippen molar-refractivity contribution in [3.8, 4) is 22.6 Å². The molecule has 7 aromatic rings. The van der Waals surface area contributed by atoms with Crippen molar-refractivity contribution in [2.75, 3.05) is 0 Å². The number of hydrogen-bond acceptors (Lipinski definition) is 4. The van der Waals surface area contributed by atoms with E-state index in [-0.39, 0.29) is 31.5 Å². The minimum Gasteiger partial charge on any atom is -0.486 e. The molecule has 0 saturated heterocycles. The van der Waals surface area contributed by atoms with Gasteiger partial charge in [-0.3, -0.25) is 4.98 Å². The number of hydrogen-bond donors (Lipinski definition) is 0. The average Bonchev–Trinajstić information content (AvgIpc) is 3.90. The van der Waals surface area contributed by atoms with Crippen LogP contribution >= 0.6 is 0 Å². The molecule has 249 valence electrons. The molecule has 0 spiro atoms. The topological polar surface area (TPSA) is 56.7 Å². The van der Waals surface area contributed by atoms with Gasteiger partial charge in [-0.2, -0.15) is 0 Å². The van der Waals surface area contributed by atoms with E-state index in [1.807, 2.05) is 39.0 Å². The van der Waals surface area contributed by atoms with Gasteiger partial charge in [0, 0.05) is 56.3 Å². The van der Waals surface area contributed by atoms with Gasteiger partial charge in [0.1, 0.15) is 0 Å². The molecule has 1 saturated carbocycles. The molecule has 1 fully saturated rings. The van der Waals surface area contributed by atoms with Gasteiger partial charge in [-0.25, -0.2) is 4.98 Å². The van der Waals surface area contributed by atoms with E-state index in [1.165, 1.54) is 42.8 Å². The third-order valence-corrected chi connectivity index (χ3v) is 9.15. The van der Waals surface area contributed by atoms with E-state index in [9.17, 15) is 0 Å². The number of benzene rings is 3. The molecular weight excluding hydrogens is 781 g/mol. The molecule has 4 aromatic heterocycles. The van der Waals surface area contributed by atoms with Crippen LogP contribution in [0.15, 0.2) is 95.6 Å². The Bertz CT molecular complexity index is 2510. The molecule has 3 aromatic carbocycles. The van der Waals surface area contributed by atoms with Crippen LogP contribution in [0.3, 0.4) is 0 Å². The van der Waals surface area contributed by atoms with E-state index >= 15 is 0 Å². The van der Waals surface area contributed by atoms with Gasteiger partial charge in [0.2, 0.25) is 5.71 Å². The Morgan fingerprint density at radius 1 is 0.959 bits per heavy atom. The Labute approximate surface area is 308 Å². The summed E-state index contributed by atoms with van der Waals surface area (Å²) >= 11 is 0. The quantitative estimate of drug-likeness (QED) is 0.166. The molecule has 0 bridgehead atoms. The van der Waals surface area contributed by atoms with Crippen LogP contribution in [-0.4, -0.2) is 19.5 Å². The number of imidazole rings is 1. The summed E-state index contributed by atoms with van der Waals surface area (Å²) < 4.78 is 48.1. The van der Waals surface area contributed by atoms with Crippen LogP contribution in [0.2, 0.25) is 0 Å². The Hall–Kier alpha value is -4.38. The van der Waals surface area contributed by atoms with Crippen LogP contribution in [-0.2, 0) is 33.0 Å². The normalized spacial score (nSPS) is 16.6. The van der Waals surface area contributed by atoms with Crippen molar-refractivity contribution in [2.45, 2.75) is 66.2 Å². The zero-order valence-corrected chi connectivity index (χ0v) is 30.2. The van der Waals surface area contributed by atoms with Crippen molar-refractivity contribution in [3.05, 3.63) is 120 Å². The second kappa shape index (κ2) is 13.5. The fraction of sp³-hybridized carbons (Fsp3) is 0.279. The zero-order valence-electron chi connectivity index (χ0n) is 32.8. The van der Waals surface area contributed by atoms with E-state index in [4.69, 9.17) is 16.3 Å². The number of furan rings is 1. The van der Waals surface area contributed by atoms with Gasteiger partial charge in [0.05, 0.1) is 22.4 Å². The van der Waals surface area contributed by atoms with Gasteiger partial charge in [0.25, 0.3) is 0 Å². The second-order valence-corrected chi connectivity index (χ2v) is 13.7. The maximum atomic E-state index is 8.55. The zero-order chi connectivity index (χ0) is 37.1. The maximum Gasteiger partial charge on any atom is 0.216 e. The number of para-hydroxylation sites is 1. The number of fused-ring (bicyclic) bond motifs is 3. The number of rotatable bonds is 4. The van der Waals surface area contributed by atoms with Crippen LogP contribution in [0, 0.1) is 30.3 Å². The van der Waals surface area contributed by atoms with Crippen molar-refractivity contribution in [1.82, 2.24) is 19.5 Å². The second-order valence-electron chi connectivity index (χ2n) is 13.7. The molecule has 5 heterocycles. The molecule has 49 heavy (non-hydrogen) atoms. The van der Waals surface area contributed by atoms with Gasteiger partial charge in [-0.05, 0) is 72.9 Å². The number of nitrogens with zero attached hydrogens (tertiary/aromatic N) is 4. The third-order valence-electron chi connectivity index (χ3n) is 9.15. The summed E-state index contributed by atoms with van der Waals surface area (Å²) in [7, 11) is 0. The van der Waals surface area contributed by atoms with Crippen LogP contribution in [0.25, 0.3) is 61.3 Å². The average molecular weight is 826 g/mol. The summed E-state index contributed by atoms with van der Waals surface area (Å²) in [6.45, 7) is 4.17. The molecule has 2 aliphatic rings. The molecule has 6 heteroatoms. The Kier molecular flexibility index (Phi) is 7.56. The standard InChI is InChI=1S/C22H21N2O.C21H19N2.Ir/c1-14-8-9-17-16-6-5-7-18(20(16)25-21(17)24-14)19-12-15(10-11-23-19)13-22(2,3)4;1-2-9-16(10-3-1)21-22-19-12-6-11-18-17(15-7-4-5-8-15)13-14-23(21)20(18)19;/h5-6,8-12H,13H2,1-4H3;1-3,6,9,11-13,15H,4-5,7-8,14H2;/q2*-1;/i1D3,13D2;;. The van der Waals surface area contributed by atoms with E-state index in [1.54, 1.807) is 36.0 Å². The van der Waals surface area contributed by atoms with Crippen molar-refractivity contribution in [1.29, 1.82) is 0 Å². The molecule has 5 nitrogen and oxygen atoms in total. The van der Waals surface area contributed by atoms with Crippen molar-refractivity contribution >= 4 is 38.7 Å². The van der Waals surface area contributed by atoms with E-state index in [2.05, 4.69) is 63.1 Å². The summed E-state index contributed by atoms with van der Waals surface area (Å²) in [4.78, 5) is 13.5. The predicted octanol–water partition coefficient (Wildman–Crippen LogP) is 10.8. The first-order valence-corrected chi connectivity index (χ1v) is 16.7. The molecular formula is C43H40IrN4O-2. The number of allylic oxidation sites excluding steroid dienone is 2.